The van der Waals surface area contributed by atoms with Gasteiger partial charge in [0.2, 0.25) is 0 Å². The normalized spacial score (nSPS) is 18.8. The molecule has 0 radical (unpaired) electrons. The number of fused-ring (bicyclic) bond motifs is 1. The van der Waals surface area contributed by atoms with Crippen molar-refractivity contribution < 1.29 is 14.3 Å². The van der Waals surface area contributed by atoms with Gasteiger partial charge in [-0.05, 0) is 37.5 Å². The Labute approximate surface area is 184 Å². The lowest BCUT2D eigenvalue weighted by molar-refractivity contribution is -0.0818. The first-order chi connectivity index (χ1) is 15.1. The Kier molecular flexibility index (Phi) is 5.52. The molecule has 31 heavy (non-hydrogen) atoms. The fraction of sp³-hybridized carbons (Fsp3) is 0.409. The van der Waals surface area contributed by atoms with Gasteiger partial charge in [0.25, 0.3) is 5.91 Å². The van der Waals surface area contributed by atoms with Crippen LogP contribution < -0.4 is 10.6 Å². The van der Waals surface area contributed by atoms with Gasteiger partial charge in [-0.25, -0.2) is 9.50 Å². The van der Waals surface area contributed by atoms with Gasteiger partial charge in [-0.2, -0.15) is 5.10 Å². The maximum atomic E-state index is 12.4. The van der Waals surface area contributed by atoms with E-state index in [-0.39, 0.29) is 12.0 Å². The highest BCUT2D eigenvalue weighted by Gasteiger charge is 2.24. The zero-order chi connectivity index (χ0) is 21.4. The van der Waals surface area contributed by atoms with E-state index in [4.69, 9.17) is 21.1 Å². The average Bonchev–Trinajstić information content (AvgIpc) is 3.48. The van der Waals surface area contributed by atoms with Crippen LogP contribution in [0.15, 0.2) is 30.5 Å². The molecule has 2 N–H and O–H groups in total. The van der Waals surface area contributed by atoms with Crippen molar-refractivity contribution in [1.82, 2.24) is 19.9 Å². The molecule has 1 saturated carbocycles. The minimum absolute atomic E-state index is 0.0212. The Morgan fingerprint density at radius 3 is 2.90 bits per heavy atom. The van der Waals surface area contributed by atoms with Crippen molar-refractivity contribution in [3.8, 4) is 11.3 Å². The van der Waals surface area contributed by atoms with Gasteiger partial charge in [0.05, 0.1) is 43.5 Å². The summed E-state index contributed by atoms with van der Waals surface area (Å²) in [6.45, 7) is 4.31. The summed E-state index contributed by atoms with van der Waals surface area (Å²) in [5.74, 6) is -0.0220. The second kappa shape index (κ2) is 8.45. The lowest BCUT2D eigenvalue weighted by Gasteiger charge is -2.23. The Hall–Kier alpha value is -2.68. The molecule has 1 aromatic carbocycles. The largest absolute Gasteiger partial charge is 0.379 e. The summed E-state index contributed by atoms with van der Waals surface area (Å²) in [5, 5.41) is 11.2. The van der Waals surface area contributed by atoms with Gasteiger partial charge in [-0.3, -0.25) is 4.79 Å². The summed E-state index contributed by atoms with van der Waals surface area (Å²) in [5.41, 5.74) is 4.75. The molecule has 1 unspecified atom stereocenters. The number of imidazole rings is 1. The van der Waals surface area contributed by atoms with Gasteiger partial charge in [0.1, 0.15) is 0 Å². The number of hydrogen-bond acceptors (Lipinski definition) is 6. The van der Waals surface area contributed by atoms with Crippen LogP contribution in [0, 0.1) is 6.92 Å². The monoisotopic (exact) mass is 441 g/mol. The number of carbonyl (C=O) groups is 1. The predicted molar refractivity (Wildman–Crippen MR) is 118 cm³/mol. The molecule has 1 aliphatic carbocycles. The van der Waals surface area contributed by atoms with Crippen LogP contribution >= 0.6 is 11.6 Å². The maximum absolute atomic E-state index is 12.4. The maximum Gasteiger partial charge on any atom is 0.251 e. The molecule has 3 heterocycles. The van der Waals surface area contributed by atoms with Crippen molar-refractivity contribution >= 4 is 28.8 Å². The highest BCUT2D eigenvalue weighted by molar-refractivity contribution is 6.29. The quantitative estimate of drug-likeness (QED) is 0.611. The smallest absolute Gasteiger partial charge is 0.251 e. The molecule has 1 atom stereocenters. The third-order valence-corrected chi connectivity index (χ3v) is 5.71. The molecule has 2 aromatic heterocycles. The third-order valence-electron chi connectivity index (χ3n) is 5.52. The minimum Gasteiger partial charge on any atom is -0.379 e. The van der Waals surface area contributed by atoms with Crippen LogP contribution in [0.25, 0.3) is 16.9 Å². The highest BCUT2D eigenvalue weighted by Crippen LogP contribution is 2.28. The molecule has 0 bridgehead atoms. The predicted octanol–water partition coefficient (Wildman–Crippen LogP) is 3.08. The molecule has 1 saturated heterocycles. The van der Waals surface area contributed by atoms with E-state index in [0.29, 0.717) is 48.8 Å². The van der Waals surface area contributed by atoms with Crippen LogP contribution in [0.2, 0.25) is 5.15 Å². The number of halogens is 1. The van der Waals surface area contributed by atoms with Crippen molar-refractivity contribution in [2.24, 2.45) is 0 Å². The van der Waals surface area contributed by atoms with Gasteiger partial charge >= 0.3 is 0 Å². The number of amides is 1. The molecular weight excluding hydrogens is 418 g/mol. The van der Waals surface area contributed by atoms with Gasteiger partial charge in [-0.1, -0.05) is 17.7 Å². The third kappa shape index (κ3) is 4.37. The van der Waals surface area contributed by atoms with Gasteiger partial charge in [0, 0.05) is 29.8 Å². The van der Waals surface area contributed by atoms with Crippen molar-refractivity contribution in [2.75, 3.05) is 31.7 Å². The summed E-state index contributed by atoms with van der Waals surface area (Å²) >= 11 is 6.31. The van der Waals surface area contributed by atoms with E-state index in [9.17, 15) is 4.79 Å². The van der Waals surface area contributed by atoms with Gasteiger partial charge in [-0.15, -0.1) is 0 Å². The van der Waals surface area contributed by atoms with Crippen LogP contribution in [0.1, 0.15) is 28.8 Å². The van der Waals surface area contributed by atoms with E-state index in [1.807, 2.05) is 25.1 Å². The number of ether oxygens (including phenoxy) is 2. The number of anilines is 1. The topological polar surface area (TPSA) is 89.8 Å². The fourth-order valence-corrected chi connectivity index (χ4v) is 3.90. The van der Waals surface area contributed by atoms with E-state index in [2.05, 4.69) is 20.7 Å². The molecule has 3 aromatic rings. The average molecular weight is 442 g/mol. The summed E-state index contributed by atoms with van der Waals surface area (Å²) in [4.78, 5) is 17.0. The fourth-order valence-electron chi connectivity index (χ4n) is 3.71. The Morgan fingerprint density at radius 2 is 2.16 bits per heavy atom. The molecule has 162 valence electrons. The Morgan fingerprint density at radius 1 is 1.29 bits per heavy atom. The van der Waals surface area contributed by atoms with Crippen molar-refractivity contribution in [3.05, 3.63) is 46.7 Å². The highest BCUT2D eigenvalue weighted by atomic mass is 35.5. The van der Waals surface area contributed by atoms with E-state index in [1.165, 1.54) is 0 Å². The van der Waals surface area contributed by atoms with Crippen LogP contribution in [-0.2, 0) is 9.47 Å². The standard InChI is InChI=1S/C22H24ClN5O3/c1-13-8-14(2-5-17(13)22(29)26-15-3-4-15)19-11-25-21-18(9-20(23)27-28(19)21)24-10-16-12-30-6-7-31-16/h2,5,8-9,11,15-16,24H,3-4,6-7,10,12H2,1H3,(H,26,29). The first-order valence-corrected chi connectivity index (χ1v) is 10.9. The second-order valence-electron chi connectivity index (χ2n) is 7.99. The molecular formula is C22H24ClN5O3. The molecule has 8 nitrogen and oxygen atoms in total. The van der Waals surface area contributed by atoms with Crippen molar-refractivity contribution in [1.29, 1.82) is 0 Å². The molecule has 1 amide bonds. The number of aryl methyl sites for hydroxylation is 1. The Balaban J connectivity index is 1.41. The van der Waals surface area contributed by atoms with E-state index in [0.717, 1.165) is 35.3 Å². The Bertz CT molecular complexity index is 1120. The lowest BCUT2D eigenvalue weighted by atomic mass is 10.0. The first-order valence-electron chi connectivity index (χ1n) is 10.5. The van der Waals surface area contributed by atoms with Crippen molar-refractivity contribution in [2.45, 2.75) is 31.9 Å². The van der Waals surface area contributed by atoms with Crippen molar-refractivity contribution in [3.63, 3.8) is 0 Å². The van der Waals surface area contributed by atoms with Crippen LogP contribution in [-0.4, -0.2) is 59.0 Å². The van der Waals surface area contributed by atoms with Crippen LogP contribution in [0.3, 0.4) is 0 Å². The van der Waals surface area contributed by atoms with Crippen LogP contribution in [0.4, 0.5) is 5.69 Å². The number of aromatic nitrogens is 3. The first kappa shape index (κ1) is 20.2. The SMILES string of the molecule is Cc1cc(-c2cnc3c(NCC4COCCO4)cc(Cl)nn23)ccc1C(=O)NC1CC1. The summed E-state index contributed by atoms with van der Waals surface area (Å²) in [6, 6.07) is 7.84. The zero-order valence-electron chi connectivity index (χ0n) is 17.2. The number of nitrogens with zero attached hydrogens (tertiary/aromatic N) is 3. The molecule has 2 fully saturated rings. The number of benzene rings is 1. The summed E-state index contributed by atoms with van der Waals surface area (Å²) < 4.78 is 12.9. The van der Waals surface area contributed by atoms with Crippen LogP contribution in [0.5, 0.6) is 0 Å². The minimum atomic E-state index is -0.0220. The molecule has 5 rings (SSSR count). The molecule has 9 heteroatoms. The van der Waals surface area contributed by atoms with E-state index < -0.39 is 0 Å². The second-order valence-corrected chi connectivity index (χ2v) is 8.37. The summed E-state index contributed by atoms with van der Waals surface area (Å²) in [6.07, 6.45) is 3.87. The van der Waals surface area contributed by atoms with Gasteiger partial charge in [0.15, 0.2) is 10.8 Å². The molecule has 0 spiro atoms. The van der Waals surface area contributed by atoms with Gasteiger partial charge < -0.3 is 20.1 Å². The lowest BCUT2D eigenvalue weighted by Crippen LogP contribution is -2.34. The molecule has 2 aliphatic rings. The number of carbonyl (C=O) groups excluding carboxylic acids is 1. The number of nitrogens with one attached hydrogen (secondary N) is 2. The summed E-state index contributed by atoms with van der Waals surface area (Å²) in [7, 11) is 0. The molecule has 1 aliphatic heterocycles. The number of hydrogen-bond donors (Lipinski definition) is 2. The zero-order valence-corrected chi connectivity index (χ0v) is 18.0. The van der Waals surface area contributed by atoms with E-state index >= 15 is 0 Å². The van der Waals surface area contributed by atoms with E-state index in [1.54, 1.807) is 16.8 Å². The number of rotatable bonds is 6.